The van der Waals surface area contributed by atoms with Crippen LogP contribution in [0.25, 0.3) is 0 Å². The molecular weight excluding hydrogens is 290 g/mol. The Morgan fingerprint density at radius 1 is 1.26 bits per heavy atom. The number of nitrogens with zero attached hydrogens (tertiary/aromatic N) is 3. The zero-order chi connectivity index (χ0) is 17.5. The van der Waals surface area contributed by atoms with Gasteiger partial charge in [-0.3, -0.25) is 9.89 Å². The van der Waals surface area contributed by atoms with Gasteiger partial charge in [0.2, 0.25) is 0 Å². The number of nitrogens with one attached hydrogen (secondary N) is 2. The number of guanidine groups is 1. The van der Waals surface area contributed by atoms with Crippen molar-refractivity contribution in [2.45, 2.75) is 39.8 Å². The molecule has 1 aliphatic heterocycles. The van der Waals surface area contributed by atoms with E-state index in [0.717, 1.165) is 38.7 Å². The molecule has 2 N–H and O–H groups in total. The molecule has 2 atom stereocenters. The first-order valence-electron chi connectivity index (χ1n) is 8.71. The van der Waals surface area contributed by atoms with Crippen LogP contribution < -0.4 is 10.6 Å². The molecule has 0 aromatic rings. The number of piperazine rings is 1. The smallest absolute Gasteiger partial charge is 0.191 e. The summed E-state index contributed by atoms with van der Waals surface area (Å²) in [5, 5.41) is 6.82. The quantitative estimate of drug-likeness (QED) is 0.559. The first kappa shape index (κ1) is 20.2. The third kappa shape index (κ3) is 7.06. The summed E-state index contributed by atoms with van der Waals surface area (Å²) in [5.41, 5.74) is 0.0852. The van der Waals surface area contributed by atoms with Crippen LogP contribution in [0.5, 0.6) is 0 Å². The van der Waals surface area contributed by atoms with Crippen molar-refractivity contribution in [2.24, 2.45) is 10.4 Å². The van der Waals surface area contributed by atoms with Crippen LogP contribution in [0.4, 0.5) is 0 Å². The number of hydrogen-bond donors (Lipinski definition) is 2. The predicted molar refractivity (Wildman–Crippen MR) is 98.1 cm³/mol. The SMILES string of the molecule is CCNC(=NCC(OC)C(C)(C)C)NCC1CN(C)CCN1C. The van der Waals surface area contributed by atoms with Crippen LogP contribution in [-0.2, 0) is 4.74 Å². The number of hydrogen-bond acceptors (Lipinski definition) is 4. The minimum Gasteiger partial charge on any atom is -0.379 e. The molecule has 1 rings (SSSR count). The number of ether oxygens (including phenoxy) is 1. The monoisotopic (exact) mass is 327 g/mol. The Morgan fingerprint density at radius 3 is 2.52 bits per heavy atom. The van der Waals surface area contributed by atoms with Crippen LogP contribution in [0.1, 0.15) is 27.7 Å². The van der Waals surface area contributed by atoms with Crippen LogP contribution in [0, 0.1) is 5.41 Å². The summed E-state index contributed by atoms with van der Waals surface area (Å²) in [5.74, 6) is 0.875. The van der Waals surface area contributed by atoms with Gasteiger partial charge in [-0.2, -0.15) is 0 Å². The van der Waals surface area contributed by atoms with Gasteiger partial charge in [-0.05, 0) is 26.4 Å². The Hall–Kier alpha value is -0.850. The molecular formula is C17H37N5O. The maximum Gasteiger partial charge on any atom is 0.191 e. The fraction of sp³-hybridized carbons (Fsp3) is 0.941. The van der Waals surface area contributed by atoms with Gasteiger partial charge in [0, 0.05) is 45.9 Å². The molecule has 0 aromatic carbocycles. The predicted octanol–water partition coefficient (Wildman–Crippen LogP) is 0.848. The normalized spacial score (nSPS) is 22.9. The Bertz CT molecular complexity index is 366. The van der Waals surface area contributed by atoms with Crippen molar-refractivity contribution in [1.29, 1.82) is 0 Å². The van der Waals surface area contributed by atoms with E-state index in [1.165, 1.54) is 0 Å². The lowest BCUT2D eigenvalue weighted by molar-refractivity contribution is 0.0241. The van der Waals surface area contributed by atoms with Gasteiger partial charge in [-0.1, -0.05) is 20.8 Å². The van der Waals surface area contributed by atoms with Crippen LogP contribution in [0.2, 0.25) is 0 Å². The highest BCUT2D eigenvalue weighted by Crippen LogP contribution is 2.21. The van der Waals surface area contributed by atoms with Gasteiger partial charge in [0.15, 0.2) is 5.96 Å². The molecule has 1 saturated heterocycles. The molecule has 23 heavy (non-hydrogen) atoms. The lowest BCUT2D eigenvalue weighted by Gasteiger charge is -2.38. The van der Waals surface area contributed by atoms with Crippen LogP contribution in [-0.4, -0.2) is 88.4 Å². The summed E-state index contributed by atoms with van der Waals surface area (Å²) in [7, 11) is 6.15. The number of aliphatic imine (C=N–C) groups is 1. The van der Waals surface area contributed by atoms with E-state index in [2.05, 4.69) is 62.2 Å². The Balaban J connectivity index is 2.58. The van der Waals surface area contributed by atoms with Crippen LogP contribution >= 0.6 is 0 Å². The van der Waals surface area contributed by atoms with Crippen molar-refractivity contribution in [3.8, 4) is 0 Å². The molecule has 1 fully saturated rings. The van der Waals surface area contributed by atoms with Gasteiger partial charge in [-0.25, -0.2) is 0 Å². The second-order valence-corrected chi connectivity index (χ2v) is 7.59. The summed E-state index contributed by atoms with van der Waals surface area (Å²) in [6.45, 7) is 14.4. The summed E-state index contributed by atoms with van der Waals surface area (Å²) in [6, 6.07) is 0.512. The highest BCUT2D eigenvalue weighted by Gasteiger charge is 2.25. The van der Waals surface area contributed by atoms with Crippen LogP contribution in [0.15, 0.2) is 4.99 Å². The Morgan fingerprint density at radius 2 is 1.96 bits per heavy atom. The van der Waals surface area contributed by atoms with Gasteiger partial charge < -0.3 is 20.3 Å². The van der Waals surface area contributed by atoms with E-state index in [4.69, 9.17) is 9.73 Å². The van der Waals surface area contributed by atoms with E-state index in [1.54, 1.807) is 7.11 Å². The lowest BCUT2D eigenvalue weighted by Crippen LogP contribution is -2.55. The topological polar surface area (TPSA) is 52.1 Å². The zero-order valence-electron chi connectivity index (χ0n) is 16.1. The zero-order valence-corrected chi connectivity index (χ0v) is 16.1. The largest absolute Gasteiger partial charge is 0.379 e. The maximum atomic E-state index is 5.59. The highest BCUT2D eigenvalue weighted by atomic mass is 16.5. The summed E-state index contributed by atoms with van der Waals surface area (Å²) >= 11 is 0. The summed E-state index contributed by atoms with van der Waals surface area (Å²) < 4.78 is 5.59. The van der Waals surface area contributed by atoms with Gasteiger partial charge in [0.05, 0.1) is 12.6 Å². The molecule has 1 aliphatic rings. The first-order chi connectivity index (χ1) is 10.8. The van der Waals surface area contributed by atoms with Gasteiger partial charge in [0.1, 0.15) is 0 Å². The van der Waals surface area contributed by atoms with Gasteiger partial charge in [0.25, 0.3) is 0 Å². The average molecular weight is 328 g/mol. The minimum absolute atomic E-state index is 0.0852. The van der Waals surface area contributed by atoms with E-state index in [1.807, 2.05) is 0 Å². The minimum atomic E-state index is 0.0852. The Labute approximate surface area is 142 Å². The lowest BCUT2D eigenvalue weighted by atomic mass is 9.89. The van der Waals surface area contributed by atoms with Crippen molar-refractivity contribution in [3.05, 3.63) is 0 Å². The second-order valence-electron chi connectivity index (χ2n) is 7.59. The molecule has 0 amide bonds. The van der Waals surface area contributed by atoms with Gasteiger partial charge >= 0.3 is 0 Å². The fourth-order valence-corrected chi connectivity index (χ4v) is 2.75. The third-order valence-corrected chi connectivity index (χ3v) is 4.50. The van der Waals surface area contributed by atoms with Crippen molar-refractivity contribution >= 4 is 5.96 Å². The van der Waals surface area contributed by atoms with Crippen molar-refractivity contribution in [2.75, 3.05) is 60.5 Å². The fourth-order valence-electron chi connectivity index (χ4n) is 2.75. The van der Waals surface area contributed by atoms with Gasteiger partial charge in [-0.15, -0.1) is 0 Å². The molecule has 1 heterocycles. The van der Waals surface area contributed by atoms with E-state index in [-0.39, 0.29) is 11.5 Å². The molecule has 6 heteroatoms. The molecule has 0 aromatic heterocycles. The van der Waals surface area contributed by atoms with Crippen molar-refractivity contribution in [3.63, 3.8) is 0 Å². The molecule has 6 nitrogen and oxygen atoms in total. The van der Waals surface area contributed by atoms with E-state index in [9.17, 15) is 0 Å². The number of rotatable bonds is 6. The standard InChI is InChI=1S/C17H37N5O/c1-8-18-16(20-12-15(23-7)17(2,3)4)19-11-14-13-21(5)9-10-22(14)6/h14-15H,8-13H2,1-7H3,(H2,18,19,20). The molecule has 136 valence electrons. The summed E-state index contributed by atoms with van der Waals surface area (Å²) in [4.78, 5) is 9.52. The van der Waals surface area contributed by atoms with Crippen LogP contribution in [0.3, 0.4) is 0 Å². The molecule has 2 unspecified atom stereocenters. The number of likely N-dealkylation sites (N-methyl/N-ethyl adjacent to an activating group) is 2. The van der Waals surface area contributed by atoms with Crippen molar-refractivity contribution < 1.29 is 4.74 Å². The molecule has 0 bridgehead atoms. The van der Waals surface area contributed by atoms with E-state index in [0.29, 0.717) is 12.6 Å². The first-order valence-corrected chi connectivity index (χ1v) is 8.71. The second kappa shape index (κ2) is 9.45. The third-order valence-electron chi connectivity index (χ3n) is 4.50. The maximum absolute atomic E-state index is 5.59. The average Bonchev–Trinajstić information content (AvgIpc) is 2.47. The van der Waals surface area contributed by atoms with E-state index < -0.39 is 0 Å². The Kier molecular flexibility index (Phi) is 8.29. The summed E-state index contributed by atoms with van der Waals surface area (Å²) in [6.07, 6.45) is 0.112. The number of methoxy groups -OCH3 is 1. The molecule has 0 spiro atoms. The van der Waals surface area contributed by atoms with E-state index >= 15 is 0 Å². The molecule has 0 radical (unpaired) electrons. The van der Waals surface area contributed by atoms with Crippen molar-refractivity contribution in [1.82, 2.24) is 20.4 Å². The molecule has 0 aliphatic carbocycles. The molecule has 0 saturated carbocycles. The highest BCUT2D eigenvalue weighted by molar-refractivity contribution is 5.79.